The number of carbonyl (C=O) groups excluding carboxylic acids is 1. The van der Waals surface area contributed by atoms with Gasteiger partial charge in [0, 0.05) is 12.1 Å². The number of hydrogen-bond donors (Lipinski definition) is 0. The SMILES string of the molecule is CC(=O)c1ccc2c(c1)CCN2S(=O)(=O)c1ccc(Cl)s1. The summed E-state index contributed by atoms with van der Waals surface area (Å²) in [6.07, 6.45) is 0.606. The van der Waals surface area contributed by atoms with Crippen molar-refractivity contribution in [1.82, 2.24) is 0 Å². The normalized spacial score (nSPS) is 14.3. The molecule has 7 heteroatoms. The van der Waals surface area contributed by atoms with E-state index in [2.05, 4.69) is 0 Å². The average molecular weight is 342 g/mol. The third-order valence-electron chi connectivity index (χ3n) is 3.43. The molecule has 0 amide bonds. The number of fused-ring (bicyclic) bond motifs is 1. The number of rotatable bonds is 3. The van der Waals surface area contributed by atoms with Crippen LogP contribution in [0.15, 0.2) is 34.5 Å². The van der Waals surface area contributed by atoms with Crippen molar-refractivity contribution in [2.24, 2.45) is 0 Å². The number of halogens is 1. The van der Waals surface area contributed by atoms with Gasteiger partial charge in [-0.2, -0.15) is 0 Å². The van der Waals surface area contributed by atoms with Gasteiger partial charge in [-0.3, -0.25) is 9.10 Å². The molecule has 2 heterocycles. The summed E-state index contributed by atoms with van der Waals surface area (Å²) in [5, 5.41) is 0. The second kappa shape index (κ2) is 5.12. The van der Waals surface area contributed by atoms with Crippen LogP contribution in [-0.4, -0.2) is 20.7 Å². The van der Waals surface area contributed by atoms with Crippen molar-refractivity contribution < 1.29 is 13.2 Å². The predicted molar refractivity (Wildman–Crippen MR) is 84.0 cm³/mol. The quantitative estimate of drug-likeness (QED) is 0.804. The minimum Gasteiger partial charge on any atom is -0.295 e. The molecule has 0 radical (unpaired) electrons. The fraction of sp³-hybridized carbons (Fsp3) is 0.214. The fourth-order valence-corrected chi connectivity index (χ4v) is 5.49. The Labute approximate surface area is 132 Å². The van der Waals surface area contributed by atoms with Crippen LogP contribution in [0, 0.1) is 0 Å². The summed E-state index contributed by atoms with van der Waals surface area (Å²) in [4.78, 5) is 11.4. The van der Waals surface area contributed by atoms with Crippen LogP contribution in [0.5, 0.6) is 0 Å². The lowest BCUT2D eigenvalue weighted by Gasteiger charge is -2.18. The summed E-state index contributed by atoms with van der Waals surface area (Å²) < 4.78 is 27.3. The van der Waals surface area contributed by atoms with Gasteiger partial charge in [0.25, 0.3) is 10.0 Å². The number of anilines is 1. The average Bonchev–Trinajstić information content (AvgIpc) is 3.04. The van der Waals surface area contributed by atoms with E-state index in [4.69, 9.17) is 11.6 Å². The first-order valence-corrected chi connectivity index (χ1v) is 8.95. The number of carbonyl (C=O) groups is 1. The van der Waals surface area contributed by atoms with Gasteiger partial charge in [-0.25, -0.2) is 8.42 Å². The molecule has 0 bridgehead atoms. The van der Waals surface area contributed by atoms with Gasteiger partial charge >= 0.3 is 0 Å². The Morgan fingerprint density at radius 3 is 2.67 bits per heavy atom. The monoisotopic (exact) mass is 341 g/mol. The van der Waals surface area contributed by atoms with Gasteiger partial charge in [0.2, 0.25) is 0 Å². The van der Waals surface area contributed by atoms with Crippen LogP contribution in [-0.2, 0) is 16.4 Å². The molecule has 1 aromatic heterocycles. The lowest BCUT2D eigenvalue weighted by atomic mass is 10.1. The molecule has 0 saturated heterocycles. The molecule has 0 atom stereocenters. The number of nitrogens with zero attached hydrogens (tertiary/aromatic N) is 1. The minimum absolute atomic E-state index is 0.0239. The maximum Gasteiger partial charge on any atom is 0.273 e. The third kappa shape index (κ3) is 2.47. The van der Waals surface area contributed by atoms with Crippen molar-refractivity contribution >= 4 is 44.4 Å². The Balaban J connectivity index is 2.03. The maximum absolute atomic E-state index is 12.6. The van der Waals surface area contributed by atoms with Gasteiger partial charge in [0.15, 0.2) is 5.78 Å². The van der Waals surface area contributed by atoms with Crippen LogP contribution in [0.1, 0.15) is 22.8 Å². The lowest BCUT2D eigenvalue weighted by Crippen LogP contribution is -2.28. The molecule has 0 fully saturated rings. The van der Waals surface area contributed by atoms with E-state index in [9.17, 15) is 13.2 Å². The zero-order chi connectivity index (χ0) is 15.2. The standard InChI is InChI=1S/C14H12ClNO3S2/c1-9(17)10-2-3-12-11(8-10)6-7-16(12)21(18,19)14-5-4-13(15)20-14/h2-5,8H,6-7H2,1H3. The molecular weight excluding hydrogens is 330 g/mol. The van der Waals surface area contributed by atoms with E-state index < -0.39 is 10.0 Å². The lowest BCUT2D eigenvalue weighted by molar-refractivity contribution is 0.101. The van der Waals surface area contributed by atoms with Crippen LogP contribution < -0.4 is 4.31 Å². The number of thiophene rings is 1. The van der Waals surface area contributed by atoms with Crippen molar-refractivity contribution in [2.45, 2.75) is 17.6 Å². The highest BCUT2D eigenvalue weighted by Crippen LogP contribution is 2.36. The summed E-state index contributed by atoms with van der Waals surface area (Å²) in [7, 11) is -3.58. The molecule has 21 heavy (non-hydrogen) atoms. The molecular formula is C14H12ClNO3S2. The second-order valence-electron chi connectivity index (χ2n) is 4.79. The topological polar surface area (TPSA) is 54.5 Å². The highest BCUT2D eigenvalue weighted by Gasteiger charge is 2.32. The molecule has 0 unspecified atom stereocenters. The van der Waals surface area contributed by atoms with Gasteiger partial charge in [0.1, 0.15) is 4.21 Å². The van der Waals surface area contributed by atoms with Crippen molar-refractivity contribution in [2.75, 3.05) is 10.8 Å². The van der Waals surface area contributed by atoms with Crippen molar-refractivity contribution in [3.63, 3.8) is 0 Å². The number of hydrogen-bond acceptors (Lipinski definition) is 4. The summed E-state index contributed by atoms with van der Waals surface area (Å²) in [5.41, 5.74) is 2.13. The van der Waals surface area contributed by atoms with Crippen LogP contribution in [0.3, 0.4) is 0 Å². The van der Waals surface area contributed by atoms with Crippen LogP contribution in [0.25, 0.3) is 0 Å². The second-order valence-corrected chi connectivity index (χ2v) is 8.59. The van der Waals surface area contributed by atoms with E-state index in [-0.39, 0.29) is 9.99 Å². The smallest absolute Gasteiger partial charge is 0.273 e. The molecule has 0 N–H and O–H groups in total. The molecule has 110 valence electrons. The van der Waals surface area contributed by atoms with Crippen molar-refractivity contribution in [3.05, 3.63) is 45.8 Å². The third-order valence-corrected chi connectivity index (χ3v) is 6.94. The molecule has 4 nitrogen and oxygen atoms in total. The fourth-order valence-electron chi connectivity index (χ4n) is 2.39. The zero-order valence-electron chi connectivity index (χ0n) is 11.2. The first kappa shape index (κ1) is 14.6. The summed E-state index contributed by atoms with van der Waals surface area (Å²) in [5.74, 6) is -0.0239. The Kier molecular flexibility index (Phi) is 3.55. The Morgan fingerprint density at radius 1 is 1.29 bits per heavy atom. The molecule has 1 aliphatic rings. The highest BCUT2D eigenvalue weighted by atomic mass is 35.5. The van der Waals surface area contributed by atoms with Crippen molar-refractivity contribution in [1.29, 1.82) is 0 Å². The maximum atomic E-state index is 12.6. The summed E-state index contributed by atoms with van der Waals surface area (Å²) in [6.45, 7) is 1.88. The molecule has 1 aliphatic heterocycles. The predicted octanol–water partition coefficient (Wildman–Crippen LogP) is 3.36. The van der Waals surface area contributed by atoms with E-state index in [1.54, 1.807) is 24.3 Å². The van der Waals surface area contributed by atoms with Gasteiger partial charge in [-0.15, -0.1) is 11.3 Å². The minimum atomic E-state index is -3.58. The van der Waals surface area contributed by atoms with E-state index in [0.717, 1.165) is 16.9 Å². The van der Waals surface area contributed by atoms with Gasteiger partial charge in [-0.05, 0) is 49.2 Å². The first-order valence-electron chi connectivity index (χ1n) is 6.31. The van der Waals surface area contributed by atoms with Gasteiger partial charge in [-0.1, -0.05) is 11.6 Å². The molecule has 0 aliphatic carbocycles. The molecule has 1 aromatic carbocycles. The van der Waals surface area contributed by atoms with E-state index >= 15 is 0 Å². The molecule has 0 spiro atoms. The van der Waals surface area contributed by atoms with Gasteiger partial charge in [0.05, 0.1) is 10.0 Å². The number of benzene rings is 1. The number of ketones is 1. The number of Topliss-reactive ketones (excluding diaryl/α,β-unsaturated/α-hetero) is 1. The van der Waals surface area contributed by atoms with E-state index in [1.807, 2.05) is 0 Å². The van der Waals surface area contributed by atoms with Gasteiger partial charge < -0.3 is 0 Å². The molecule has 2 aromatic rings. The van der Waals surface area contributed by atoms with E-state index in [0.29, 0.717) is 28.6 Å². The van der Waals surface area contributed by atoms with Crippen molar-refractivity contribution in [3.8, 4) is 0 Å². The summed E-state index contributed by atoms with van der Waals surface area (Å²) >= 11 is 6.87. The van der Waals surface area contributed by atoms with E-state index in [1.165, 1.54) is 17.3 Å². The molecule has 0 saturated carbocycles. The summed E-state index contributed by atoms with van der Waals surface area (Å²) in [6, 6.07) is 8.23. The van der Waals surface area contributed by atoms with Crippen LogP contribution in [0.2, 0.25) is 4.34 Å². The van der Waals surface area contributed by atoms with Crippen LogP contribution in [0.4, 0.5) is 5.69 Å². The van der Waals surface area contributed by atoms with Crippen LogP contribution >= 0.6 is 22.9 Å². The number of sulfonamides is 1. The first-order chi connectivity index (χ1) is 9.89. The largest absolute Gasteiger partial charge is 0.295 e. The Hall–Kier alpha value is -1.37. The Bertz CT molecular complexity index is 826. The highest BCUT2D eigenvalue weighted by molar-refractivity contribution is 7.94. The Morgan fingerprint density at radius 2 is 2.05 bits per heavy atom. The zero-order valence-corrected chi connectivity index (χ0v) is 13.6. The molecule has 3 rings (SSSR count).